The first-order valence-corrected chi connectivity index (χ1v) is 8.12. The molecule has 3 rings (SSSR count). The summed E-state index contributed by atoms with van der Waals surface area (Å²) in [5.41, 5.74) is -0.626. The number of rotatable bonds is 2. The summed E-state index contributed by atoms with van der Waals surface area (Å²) >= 11 is 3.37. The van der Waals surface area contributed by atoms with E-state index in [1.165, 1.54) is 0 Å². The number of fused-ring (bicyclic) bond motifs is 1. The minimum absolute atomic E-state index is 0.00910. The number of anilines is 1. The fourth-order valence-corrected chi connectivity index (χ4v) is 3.87. The predicted octanol–water partition coefficient (Wildman–Crippen LogP) is 2.98. The summed E-state index contributed by atoms with van der Waals surface area (Å²) in [6.07, 6.45) is 2.84. The maximum Gasteiger partial charge on any atom is 0.261 e. The Balaban J connectivity index is 2.05. The van der Waals surface area contributed by atoms with Gasteiger partial charge in [-0.05, 0) is 37.0 Å². The van der Waals surface area contributed by atoms with Gasteiger partial charge in [-0.2, -0.15) is 0 Å². The van der Waals surface area contributed by atoms with Gasteiger partial charge < -0.3 is 10.4 Å². The van der Waals surface area contributed by atoms with E-state index in [0.29, 0.717) is 30.0 Å². The molecule has 1 saturated carbocycles. The van der Waals surface area contributed by atoms with Gasteiger partial charge in [-0.1, -0.05) is 29.3 Å². The molecule has 1 amide bonds. The summed E-state index contributed by atoms with van der Waals surface area (Å²) < 4.78 is 0.784. The SMILES string of the molecule is CC[C@@H]1CCC(=O)[C@@H]([C@@]2(O)C(=O)Nc3ccc(Br)cc32)C1. The zero-order valence-electron chi connectivity index (χ0n) is 11.9. The van der Waals surface area contributed by atoms with Crippen molar-refractivity contribution in [1.29, 1.82) is 0 Å². The van der Waals surface area contributed by atoms with E-state index in [2.05, 4.69) is 28.2 Å². The number of Topliss-reactive ketones (excluding diaryl/α,β-unsaturated/α-hetero) is 1. The van der Waals surface area contributed by atoms with E-state index in [1.54, 1.807) is 12.1 Å². The molecule has 1 heterocycles. The number of nitrogens with one attached hydrogen (secondary N) is 1. The molecule has 0 radical (unpaired) electrons. The van der Waals surface area contributed by atoms with Crippen molar-refractivity contribution in [3.63, 3.8) is 0 Å². The van der Waals surface area contributed by atoms with Crippen LogP contribution in [0, 0.1) is 11.8 Å². The quantitative estimate of drug-likeness (QED) is 0.860. The lowest BCUT2D eigenvalue weighted by atomic mass is 9.69. The van der Waals surface area contributed by atoms with E-state index >= 15 is 0 Å². The van der Waals surface area contributed by atoms with Crippen molar-refractivity contribution in [3.8, 4) is 0 Å². The third kappa shape index (κ3) is 2.23. The fraction of sp³-hybridized carbons (Fsp3) is 0.500. The molecule has 4 nitrogen and oxygen atoms in total. The predicted molar refractivity (Wildman–Crippen MR) is 82.8 cm³/mol. The molecule has 1 fully saturated rings. The molecule has 112 valence electrons. The largest absolute Gasteiger partial charge is 0.375 e. The van der Waals surface area contributed by atoms with Crippen LogP contribution in [0.1, 0.15) is 38.2 Å². The van der Waals surface area contributed by atoms with Crippen LogP contribution in [0.25, 0.3) is 0 Å². The van der Waals surface area contributed by atoms with Crippen molar-refractivity contribution in [2.45, 2.75) is 38.2 Å². The normalized spacial score (nSPS) is 32.0. The van der Waals surface area contributed by atoms with Crippen molar-refractivity contribution >= 4 is 33.3 Å². The summed E-state index contributed by atoms with van der Waals surface area (Å²) in [5, 5.41) is 13.8. The van der Waals surface area contributed by atoms with Gasteiger partial charge in [0.2, 0.25) is 0 Å². The van der Waals surface area contributed by atoms with Crippen LogP contribution >= 0.6 is 15.9 Å². The Morgan fingerprint density at radius 2 is 2.19 bits per heavy atom. The zero-order chi connectivity index (χ0) is 15.2. The summed E-state index contributed by atoms with van der Waals surface area (Å²) in [6, 6.07) is 5.29. The number of halogens is 1. The molecule has 5 heteroatoms. The Morgan fingerprint density at radius 3 is 2.90 bits per heavy atom. The number of benzene rings is 1. The number of amides is 1. The molecular weight excluding hydrogens is 334 g/mol. The molecule has 0 unspecified atom stereocenters. The molecule has 3 atom stereocenters. The topological polar surface area (TPSA) is 66.4 Å². The molecule has 21 heavy (non-hydrogen) atoms. The second kappa shape index (κ2) is 5.21. The molecule has 0 saturated heterocycles. The number of aliphatic hydroxyl groups is 1. The van der Waals surface area contributed by atoms with E-state index in [4.69, 9.17) is 0 Å². The molecule has 1 aliphatic carbocycles. The van der Waals surface area contributed by atoms with E-state index in [9.17, 15) is 14.7 Å². The zero-order valence-corrected chi connectivity index (χ0v) is 13.4. The average Bonchev–Trinajstić information content (AvgIpc) is 2.72. The average molecular weight is 352 g/mol. The molecule has 1 aromatic carbocycles. The van der Waals surface area contributed by atoms with Crippen molar-refractivity contribution in [2.24, 2.45) is 11.8 Å². The lowest BCUT2D eigenvalue weighted by molar-refractivity contribution is -0.152. The van der Waals surface area contributed by atoms with Gasteiger partial charge in [0.25, 0.3) is 5.91 Å². The van der Waals surface area contributed by atoms with Crippen LogP contribution in [0.4, 0.5) is 5.69 Å². The highest BCUT2D eigenvalue weighted by atomic mass is 79.9. The van der Waals surface area contributed by atoms with Gasteiger partial charge in [0.15, 0.2) is 5.60 Å². The maximum absolute atomic E-state index is 12.4. The van der Waals surface area contributed by atoms with Crippen molar-refractivity contribution in [2.75, 3.05) is 5.32 Å². The van der Waals surface area contributed by atoms with Gasteiger partial charge >= 0.3 is 0 Å². The third-order valence-electron chi connectivity index (χ3n) is 4.82. The van der Waals surface area contributed by atoms with Crippen LogP contribution in [0.5, 0.6) is 0 Å². The van der Waals surface area contributed by atoms with Gasteiger partial charge in [-0.25, -0.2) is 0 Å². The van der Waals surface area contributed by atoms with E-state index < -0.39 is 17.4 Å². The van der Waals surface area contributed by atoms with Gasteiger partial charge in [-0.3, -0.25) is 9.59 Å². The maximum atomic E-state index is 12.4. The van der Waals surface area contributed by atoms with Crippen LogP contribution in [0.15, 0.2) is 22.7 Å². The highest BCUT2D eigenvalue weighted by Crippen LogP contribution is 2.47. The van der Waals surface area contributed by atoms with Gasteiger partial charge in [0, 0.05) is 22.1 Å². The van der Waals surface area contributed by atoms with Gasteiger partial charge in [0.1, 0.15) is 5.78 Å². The first kappa shape index (κ1) is 14.7. The number of ketones is 1. The summed E-state index contributed by atoms with van der Waals surface area (Å²) in [6.45, 7) is 2.08. The Morgan fingerprint density at radius 1 is 1.43 bits per heavy atom. The molecule has 1 aliphatic heterocycles. The standard InChI is InChI=1S/C16H18BrNO3/c1-2-9-3-6-14(19)12(7-9)16(21)11-8-10(17)4-5-13(11)18-15(16)20/h4-5,8-9,12,21H,2-3,6-7H2,1H3,(H,18,20)/t9-,12+,16-/m1/s1. The fourth-order valence-electron chi connectivity index (χ4n) is 3.50. The Hall–Kier alpha value is -1.20. The number of carbonyl (C=O) groups excluding carboxylic acids is 2. The molecule has 1 aromatic rings. The Kier molecular flexibility index (Phi) is 3.66. The lowest BCUT2D eigenvalue weighted by Gasteiger charge is -2.36. The lowest BCUT2D eigenvalue weighted by Crippen LogP contribution is -2.47. The minimum Gasteiger partial charge on any atom is -0.375 e. The van der Waals surface area contributed by atoms with Crippen LogP contribution in [-0.2, 0) is 15.2 Å². The van der Waals surface area contributed by atoms with E-state index in [0.717, 1.165) is 17.3 Å². The highest BCUT2D eigenvalue weighted by molar-refractivity contribution is 9.10. The van der Waals surface area contributed by atoms with E-state index in [-0.39, 0.29) is 5.78 Å². The van der Waals surface area contributed by atoms with Crippen molar-refractivity contribution in [3.05, 3.63) is 28.2 Å². The molecule has 0 bridgehead atoms. The van der Waals surface area contributed by atoms with Gasteiger partial charge in [0.05, 0.1) is 5.92 Å². The Bertz CT molecular complexity index is 616. The van der Waals surface area contributed by atoms with Crippen LogP contribution in [0.3, 0.4) is 0 Å². The number of hydrogen-bond acceptors (Lipinski definition) is 3. The Labute approximate surface area is 132 Å². The van der Waals surface area contributed by atoms with E-state index in [1.807, 2.05) is 6.07 Å². The first-order chi connectivity index (χ1) is 9.96. The summed E-state index contributed by atoms with van der Waals surface area (Å²) in [7, 11) is 0. The second-order valence-electron chi connectivity index (χ2n) is 5.98. The summed E-state index contributed by atoms with van der Waals surface area (Å²) in [4.78, 5) is 24.7. The monoisotopic (exact) mass is 351 g/mol. The number of hydrogen-bond donors (Lipinski definition) is 2. The minimum atomic E-state index is -1.73. The molecule has 2 aliphatic rings. The smallest absolute Gasteiger partial charge is 0.261 e. The molecule has 2 N–H and O–H groups in total. The highest BCUT2D eigenvalue weighted by Gasteiger charge is 2.54. The van der Waals surface area contributed by atoms with Crippen LogP contribution in [-0.4, -0.2) is 16.8 Å². The van der Waals surface area contributed by atoms with Crippen molar-refractivity contribution < 1.29 is 14.7 Å². The summed E-state index contributed by atoms with van der Waals surface area (Å²) in [5.74, 6) is -0.747. The third-order valence-corrected chi connectivity index (χ3v) is 5.32. The van der Waals surface area contributed by atoms with Crippen LogP contribution in [0.2, 0.25) is 0 Å². The molecular formula is C16H18BrNO3. The van der Waals surface area contributed by atoms with Crippen LogP contribution < -0.4 is 5.32 Å². The molecule has 0 spiro atoms. The van der Waals surface area contributed by atoms with Gasteiger partial charge in [-0.15, -0.1) is 0 Å². The van der Waals surface area contributed by atoms with Crippen molar-refractivity contribution in [1.82, 2.24) is 0 Å². The first-order valence-electron chi connectivity index (χ1n) is 7.33. The second-order valence-corrected chi connectivity index (χ2v) is 6.89. The molecule has 0 aromatic heterocycles. The number of carbonyl (C=O) groups is 2.